The van der Waals surface area contributed by atoms with E-state index in [0.29, 0.717) is 11.4 Å². The first kappa shape index (κ1) is 15.3. The summed E-state index contributed by atoms with van der Waals surface area (Å²) in [6, 6.07) is 9.17. The number of nitrogens with one attached hydrogen (secondary N) is 1. The van der Waals surface area contributed by atoms with Gasteiger partial charge in [-0.1, -0.05) is 15.9 Å². The Labute approximate surface area is 141 Å². The topological polar surface area (TPSA) is 74.0 Å². The van der Waals surface area contributed by atoms with Crippen molar-refractivity contribution >= 4 is 27.5 Å². The zero-order valence-corrected chi connectivity index (χ0v) is 13.9. The number of amides is 1. The molecular formula is C15H14BrN5O2. The Morgan fingerprint density at radius 2 is 2.04 bits per heavy atom. The molecule has 0 aliphatic heterocycles. The molecule has 0 spiro atoms. The summed E-state index contributed by atoms with van der Waals surface area (Å²) in [4.78, 5) is 12.1. The summed E-state index contributed by atoms with van der Waals surface area (Å²) < 4.78 is 9.71. The molecule has 8 heteroatoms. The number of aromatic nitrogens is 4. The standard InChI is InChI=1S/C15H14BrN5O2/c1-20-14(6-7-17-20)15(22)19-12-8-18-21(9-12)10-23-13-4-2-11(16)3-5-13/h2-9H,10H2,1H3,(H,19,22). The molecule has 1 N–H and O–H groups in total. The zero-order chi connectivity index (χ0) is 16.2. The largest absolute Gasteiger partial charge is 0.471 e. The Kier molecular flexibility index (Phi) is 4.42. The predicted molar refractivity (Wildman–Crippen MR) is 88.2 cm³/mol. The van der Waals surface area contributed by atoms with Crippen molar-refractivity contribution in [1.29, 1.82) is 0 Å². The number of aryl methyl sites for hydroxylation is 1. The fourth-order valence-electron chi connectivity index (χ4n) is 1.96. The zero-order valence-electron chi connectivity index (χ0n) is 12.3. The van der Waals surface area contributed by atoms with Gasteiger partial charge in [0.25, 0.3) is 5.91 Å². The van der Waals surface area contributed by atoms with Gasteiger partial charge < -0.3 is 10.1 Å². The summed E-state index contributed by atoms with van der Waals surface area (Å²) in [5.74, 6) is 0.502. The highest BCUT2D eigenvalue weighted by Crippen LogP contribution is 2.16. The van der Waals surface area contributed by atoms with Gasteiger partial charge in [0.05, 0.1) is 18.1 Å². The first-order valence-electron chi connectivity index (χ1n) is 6.82. The van der Waals surface area contributed by atoms with Gasteiger partial charge >= 0.3 is 0 Å². The van der Waals surface area contributed by atoms with E-state index in [-0.39, 0.29) is 12.6 Å². The van der Waals surface area contributed by atoms with E-state index in [0.717, 1.165) is 10.2 Å². The molecule has 0 saturated heterocycles. The van der Waals surface area contributed by atoms with Crippen molar-refractivity contribution < 1.29 is 9.53 Å². The minimum Gasteiger partial charge on any atom is -0.471 e. The number of halogens is 1. The maximum absolute atomic E-state index is 12.1. The smallest absolute Gasteiger partial charge is 0.274 e. The fraction of sp³-hybridized carbons (Fsp3) is 0.133. The first-order valence-corrected chi connectivity index (χ1v) is 7.61. The van der Waals surface area contributed by atoms with E-state index in [1.165, 1.54) is 4.68 Å². The van der Waals surface area contributed by atoms with Crippen LogP contribution in [0.2, 0.25) is 0 Å². The van der Waals surface area contributed by atoms with Crippen LogP contribution >= 0.6 is 15.9 Å². The van der Waals surface area contributed by atoms with Gasteiger partial charge in [0.15, 0.2) is 6.73 Å². The number of nitrogens with zero attached hydrogens (tertiary/aromatic N) is 4. The van der Waals surface area contributed by atoms with Crippen LogP contribution in [-0.4, -0.2) is 25.5 Å². The number of hydrogen-bond acceptors (Lipinski definition) is 4. The summed E-state index contributed by atoms with van der Waals surface area (Å²) in [6.45, 7) is 0.253. The normalized spacial score (nSPS) is 10.5. The molecule has 0 unspecified atom stereocenters. The molecule has 0 atom stereocenters. The average molecular weight is 376 g/mol. The minimum atomic E-state index is -0.238. The van der Waals surface area contributed by atoms with Crippen molar-refractivity contribution in [3.8, 4) is 5.75 Å². The van der Waals surface area contributed by atoms with Crippen molar-refractivity contribution in [3.63, 3.8) is 0 Å². The van der Waals surface area contributed by atoms with Crippen LogP contribution < -0.4 is 10.1 Å². The van der Waals surface area contributed by atoms with Crippen LogP contribution in [0.25, 0.3) is 0 Å². The predicted octanol–water partition coefficient (Wildman–Crippen LogP) is 2.67. The van der Waals surface area contributed by atoms with Crippen LogP contribution in [0.4, 0.5) is 5.69 Å². The van der Waals surface area contributed by atoms with Gasteiger partial charge in [-0.2, -0.15) is 10.2 Å². The lowest BCUT2D eigenvalue weighted by molar-refractivity contribution is 0.101. The second-order valence-corrected chi connectivity index (χ2v) is 5.71. The number of anilines is 1. The van der Waals surface area contributed by atoms with E-state index >= 15 is 0 Å². The Balaban J connectivity index is 1.58. The van der Waals surface area contributed by atoms with E-state index in [2.05, 4.69) is 31.4 Å². The number of carbonyl (C=O) groups excluding carboxylic acids is 1. The van der Waals surface area contributed by atoms with Crippen LogP contribution in [0.3, 0.4) is 0 Å². The highest BCUT2D eigenvalue weighted by Gasteiger charge is 2.11. The van der Waals surface area contributed by atoms with Crippen LogP contribution in [0, 0.1) is 0 Å². The highest BCUT2D eigenvalue weighted by molar-refractivity contribution is 9.10. The van der Waals surface area contributed by atoms with Crippen molar-refractivity contribution in [2.24, 2.45) is 7.05 Å². The van der Waals surface area contributed by atoms with Gasteiger partial charge in [0.2, 0.25) is 0 Å². The lowest BCUT2D eigenvalue weighted by atomic mass is 10.3. The molecule has 1 amide bonds. The fourth-order valence-corrected chi connectivity index (χ4v) is 2.23. The third-order valence-corrected chi connectivity index (χ3v) is 3.65. The first-order chi connectivity index (χ1) is 11.1. The van der Waals surface area contributed by atoms with Gasteiger partial charge in [-0.05, 0) is 30.3 Å². The van der Waals surface area contributed by atoms with Gasteiger partial charge in [0.1, 0.15) is 11.4 Å². The summed E-state index contributed by atoms with van der Waals surface area (Å²) in [5, 5.41) is 10.9. The van der Waals surface area contributed by atoms with E-state index in [1.54, 1.807) is 36.4 Å². The molecule has 0 saturated carbocycles. The SMILES string of the molecule is Cn1nccc1C(=O)Nc1cnn(COc2ccc(Br)cc2)c1. The molecule has 0 aliphatic rings. The van der Waals surface area contributed by atoms with Gasteiger partial charge in [-0.25, -0.2) is 4.68 Å². The molecular weight excluding hydrogens is 362 g/mol. The van der Waals surface area contributed by atoms with E-state index < -0.39 is 0 Å². The van der Waals surface area contributed by atoms with Crippen LogP contribution in [0.5, 0.6) is 5.75 Å². The molecule has 7 nitrogen and oxygen atoms in total. The number of ether oxygens (including phenoxy) is 1. The molecule has 0 fully saturated rings. The average Bonchev–Trinajstić information content (AvgIpc) is 3.15. The quantitative estimate of drug-likeness (QED) is 0.743. The third-order valence-electron chi connectivity index (χ3n) is 3.12. The van der Waals surface area contributed by atoms with Crippen molar-refractivity contribution in [3.05, 3.63) is 59.1 Å². The van der Waals surface area contributed by atoms with Crippen LogP contribution in [0.15, 0.2) is 53.4 Å². The van der Waals surface area contributed by atoms with Crippen molar-refractivity contribution in [2.45, 2.75) is 6.73 Å². The monoisotopic (exact) mass is 375 g/mol. The Morgan fingerprint density at radius 3 is 2.74 bits per heavy atom. The van der Waals surface area contributed by atoms with Gasteiger partial charge in [-0.3, -0.25) is 9.48 Å². The minimum absolute atomic E-state index is 0.238. The molecule has 23 heavy (non-hydrogen) atoms. The van der Waals surface area contributed by atoms with Crippen molar-refractivity contribution in [1.82, 2.24) is 19.6 Å². The summed E-state index contributed by atoms with van der Waals surface area (Å²) in [7, 11) is 1.71. The third kappa shape index (κ3) is 3.78. The highest BCUT2D eigenvalue weighted by atomic mass is 79.9. The molecule has 3 aromatic rings. The van der Waals surface area contributed by atoms with Crippen molar-refractivity contribution in [2.75, 3.05) is 5.32 Å². The summed E-state index contributed by atoms with van der Waals surface area (Å²) >= 11 is 3.37. The lowest BCUT2D eigenvalue weighted by Gasteiger charge is -2.06. The molecule has 118 valence electrons. The van der Waals surface area contributed by atoms with Gasteiger partial charge in [-0.15, -0.1) is 0 Å². The van der Waals surface area contributed by atoms with E-state index in [9.17, 15) is 4.79 Å². The summed E-state index contributed by atoms with van der Waals surface area (Å²) in [5.41, 5.74) is 1.07. The second kappa shape index (κ2) is 6.66. The number of benzene rings is 1. The maximum atomic E-state index is 12.1. The molecule has 0 radical (unpaired) electrons. The molecule has 3 rings (SSSR count). The Morgan fingerprint density at radius 1 is 1.26 bits per heavy atom. The number of hydrogen-bond donors (Lipinski definition) is 1. The summed E-state index contributed by atoms with van der Waals surface area (Å²) in [6.07, 6.45) is 4.84. The Hall–Kier alpha value is -2.61. The number of carbonyl (C=O) groups is 1. The molecule has 2 heterocycles. The van der Waals surface area contributed by atoms with Gasteiger partial charge in [0, 0.05) is 17.7 Å². The lowest BCUT2D eigenvalue weighted by Crippen LogP contribution is -2.15. The van der Waals surface area contributed by atoms with Crippen LogP contribution in [0.1, 0.15) is 10.5 Å². The maximum Gasteiger partial charge on any atom is 0.274 e. The molecule has 0 bridgehead atoms. The second-order valence-electron chi connectivity index (χ2n) is 4.79. The van der Waals surface area contributed by atoms with E-state index in [4.69, 9.17) is 4.74 Å². The Bertz CT molecular complexity index is 809. The molecule has 2 aromatic heterocycles. The van der Waals surface area contributed by atoms with E-state index in [1.807, 2.05) is 24.3 Å². The number of rotatable bonds is 5. The molecule has 0 aliphatic carbocycles. The molecule has 1 aromatic carbocycles. The van der Waals surface area contributed by atoms with Crippen LogP contribution in [-0.2, 0) is 13.8 Å².